The van der Waals surface area contributed by atoms with Gasteiger partial charge >= 0.3 is 6.03 Å². The van der Waals surface area contributed by atoms with Crippen LogP contribution >= 0.6 is 0 Å². The lowest BCUT2D eigenvalue weighted by atomic mass is 10.1. The first-order chi connectivity index (χ1) is 16.5. The van der Waals surface area contributed by atoms with Crippen LogP contribution in [0.1, 0.15) is 46.0 Å². The number of urea groups is 1. The molecule has 34 heavy (non-hydrogen) atoms. The van der Waals surface area contributed by atoms with Gasteiger partial charge in [0.05, 0.1) is 5.56 Å². The fraction of sp³-hybridized carbons (Fsp3) is 0.423. The first-order valence-corrected chi connectivity index (χ1v) is 12.1. The van der Waals surface area contributed by atoms with Crippen molar-refractivity contribution in [2.45, 2.75) is 26.7 Å². The van der Waals surface area contributed by atoms with E-state index in [1.54, 1.807) is 6.07 Å². The topological polar surface area (TPSA) is 85.0 Å². The average Bonchev–Trinajstić information content (AvgIpc) is 3.39. The van der Waals surface area contributed by atoms with Crippen LogP contribution in [0.5, 0.6) is 0 Å². The lowest BCUT2D eigenvalue weighted by Crippen LogP contribution is -2.49. The summed E-state index contributed by atoms with van der Waals surface area (Å²) in [5.74, 6) is 0.0275. The number of rotatable bonds is 5. The molecule has 0 aliphatic carbocycles. The van der Waals surface area contributed by atoms with E-state index in [1.165, 1.54) is 0 Å². The van der Waals surface area contributed by atoms with E-state index in [1.807, 2.05) is 60.0 Å². The molecule has 2 aliphatic rings. The van der Waals surface area contributed by atoms with Gasteiger partial charge < -0.3 is 25.3 Å². The highest BCUT2D eigenvalue weighted by atomic mass is 16.2. The van der Waals surface area contributed by atoms with Crippen molar-refractivity contribution < 1.29 is 14.4 Å². The highest BCUT2D eigenvalue weighted by Crippen LogP contribution is 2.28. The molecule has 180 valence electrons. The SMILES string of the molecule is CCNC(=O)Nc1ccc(N2CCN(C(=O)c3ccc(C)cc3)CC2)c(C(=O)N2CCCC2)c1. The average molecular weight is 464 g/mol. The number of amides is 4. The number of carbonyl (C=O) groups is 3. The van der Waals surface area contributed by atoms with E-state index in [2.05, 4.69) is 15.5 Å². The normalized spacial score (nSPS) is 15.9. The maximum absolute atomic E-state index is 13.4. The van der Waals surface area contributed by atoms with Gasteiger partial charge in [0.15, 0.2) is 0 Å². The van der Waals surface area contributed by atoms with Gasteiger partial charge in [-0.3, -0.25) is 9.59 Å². The van der Waals surface area contributed by atoms with Gasteiger partial charge in [-0.15, -0.1) is 0 Å². The van der Waals surface area contributed by atoms with Gasteiger partial charge in [-0.05, 0) is 57.0 Å². The van der Waals surface area contributed by atoms with Crippen LogP contribution in [-0.2, 0) is 0 Å². The molecule has 0 spiro atoms. The van der Waals surface area contributed by atoms with Crippen LogP contribution in [0.2, 0.25) is 0 Å². The van der Waals surface area contributed by atoms with Crippen LogP contribution in [-0.4, -0.2) is 73.5 Å². The maximum atomic E-state index is 13.4. The van der Waals surface area contributed by atoms with Crippen molar-refractivity contribution in [1.29, 1.82) is 0 Å². The number of hydrogen-bond acceptors (Lipinski definition) is 4. The molecule has 2 fully saturated rings. The maximum Gasteiger partial charge on any atom is 0.319 e. The van der Waals surface area contributed by atoms with Crippen molar-refractivity contribution in [2.24, 2.45) is 0 Å². The molecule has 0 unspecified atom stereocenters. The lowest BCUT2D eigenvalue weighted by Gasteiger charge is -2.37. The number of carbonyl (C=O) groups excluding carboxylic acids is 3. The standard InChI is InChI=1S/C26H33N5O3/c1-3-27-26(34)28-21-10-11-23(22(18-21)25(33)30-12-4-5-13-30)29-14-16-31(17-15-29)24(32)20-8-6-19(2)7-9-20/h6-11,18H,3-5,12-17H2,1-2H3,(H2,27,28,34). The number of aryl methyl sites for hydroxylation is 1. The predicted molar refractivity (Wildman–Crippen MR) is 134 cm³/mol. The van der Waals surface area contributed by atoms with Crippen molar-refractivity contribution in [1.82, 2.24) is 15.1 Å². The van der Waals surface area contributed by atoms with Gasteiger partial charge in [-0.2, -0.15) is 0 Å². The van der Waals surface area contributed by atoms with Gasteiger partial charge in [0.1, 0.15) is 0 Å². The van der Waals surface area contributed by atoms with Crippen molar-refractivity contribution in [3.8, 4) is 0 Å². The van der Waals surface area contributed by atoms with E-state index in [9.17, 15) is 14.4 Å². The zero-order valence-electron chi connectivity index (χ0n) is 20.0. The number of anilines is 2. The number of nitrogens with one attached hydrogen (secondary N) is 2. The Morgan fingerprint density at radius 3 is 2.12 bits per heavy atom. The summed E-state index contributed by atoms with van der Waals surface area (Å²) in [6, 6.07) is 12.9. The number of piperazine rings is 1. The van der Waals surface area contributed by atoms with Crippen molar-refractivity contribution in [3.63, 3.8) is 0 Å². The molecule has 0 radical (unpaired) electrons. The molecule has 0 atom stereocenters. The Morgan fingerprint density at radius 2 is 1.47 bits per heavy atom. The Labute approximate surface area is 200 Å². The van der Waals surface area contributed by atoms with Crippen LogP contribution in [0.15, 0.2) is 42.5 Å². The summed E-state index contributed by atoms with van der Waals surface area (Å²) in [5.41, 5.74) is 3.85. The third kappa shape index (κ3) is 5.32. The molecule has 2 aliphatic heterocycles. The third-order valence-electron chi connectivity index (χ3n) is 6.42. The molecular formula is C26H33N5O3. The molecule has 0 saturated carbocycles. The first kappa shape index (κ1) is 23.6. The summed E-state index contributed by atoms with van der Waals surface area (Å²) < 4.78 is 0. The minimum absolute atomic E-state index is 0.00906. The smallest absolute Gasteiger partial charge is 0.319 e. The van der Waals surface area contributed by atoms with E-state index in [4.69, 9.17) is 0 Å². The highest BCUT2D eigenvalue weighted by Gasteiger charge is 2.28. The second-order valence-corrected chi connectivity index (χ2v) is 8.86. The third-order valence-corrected chi connectivity index (χ3v) is 6.42. The van der Waals surface area contributed by atoms with E-state index >= 15 is 0 Å². The fourth-order valence-electron chi connectivity index (χ4n) is 4.52. The molecule has 2 heterocycles. The van der Waals surface area contributed by atoms with Gasteiger partial charge in [0, 0.05) is 62.8 Å². The van der Waals surface area contributed by atoms with Crippen LogP contribution in [0.25, 0.3) is 0 Å². The summed E-state index contributed by atoms with van der Waals surface area (Å²) in [6.07, 6.45) is 2.02. The number of nitrogens with zero attached hydrogens (tertiary/aromatic N) is 3. The van der Waals surface area contributed by atoms with Crippen LogP contribution < -0.4 is 15.5 Å². The second kappa shape index (κ2) is 10.6. The Hall–Kier alpha value is -3.55. The Bertz CT molecular complexity index is 1040. The Kier molecular flexibility index (Phi) is 7.35. The fourth-order valence-corrected chi connectivity index (χ4v) is 4.52. The molecule has 0 bridgehead atoms. The predicted octanol–water partition coefficient (Wildman–Crippen LogP) is 3.33. The van der Waals surface area contributed by atoms with Gasteiger partial charge in [-0.1, -0.05) is 17.7 Å². The van der Waals surface area contributed by atoms with Crippen LogP contribution in [0, 0.1) is 6.92 Å². The van der Waals surface area contributed by atoms with Crippen molar-refractivity contribution >= 4 is 29.2 Å². The highest BCUT2D eigenvalue weighted by molar-refractivity contribution is 6.02. The number of hydrogen-bond donors (Lipinski definition) is 2. The van der Waals surface area contributed by atoms with Gasteiger partial charge in [0.25, 0.3) is 11.8 Å². The van der Waals surface area contributed by atoms with Crippen molar-refractivity contribution in [2.75, 3.05) is 56.0 Å². The van der Waals surface area contributed by atoms with E-state index in [-0.39, 0.29) is 17.8 Å². The molecule has 2 saturated heterocycles. The van der Waals surface area contributed by atoms with E-state index in [0.29, 0.717) is 49.5 Å². The second-order valence-electron chi connectivity index (χ2n) is 8.86. The largest absolute Gasteiger partial charge is 0.367 e. The minimum Gasteiger partial charge on any atom is -0.367 e. The summed E-state index contributed by atoms with van der Waals surface area (Å²) in [7, 11) is 0. The zero-order valence-corrected chi connectivity index (χ0v) is 20.0. The summed E-state index contributed by atoms with van der Waals surface area (Å²) in [4.78, 5) is 44.2. The van der Waals surface area contributed by atoms with Gasteiger partial charge in [0.2, 0.25) is 0 Å². The first-order valence-electron chi connectivity index (χ1n) is 12.1. The Balaban J connectivity index is 1.51. The van der Waals surface area contributed by atoms with Crippen molar-refractivity contribution in [3.05, 3.63) is 59.2 Å². The molecule has 8 heteroatoms. The minimum atomic E-state index is -0.293. The van der Waals surface area contributed by atoms with E-state index < -0.39 is 0 Å². The molecule has 2 N–H and O–H groups in total. The van der Waals surface area contributed by atoms with E-state index in [0.717, 1.165) is 37.2 Å². The summed E-state index contributed by atoms with van der Waals surface area (Å²) in [5, 5.41) is 5.53. The molecule has 2 aromatic rings. The molecular weight excluding hydrogens is 430 g/mol. The molecule has 2 aromatic carbocycles. The number of benzene rings is 2. The zero-order chi connectivity index (χ0) is 24.1. The number of likely N-dealkylation sites (tertiary alicyclic amines) is 1. The Morgan fingerprint density at radius 1 is 0.824 bits per heavy atom. The quantitative estimate of drug-likeness (QED) is 0.712. The molecule has 4 amide bonds. The van der Waals surface area contributed by atoms with Crippen LogP contribution in [0.3, 0.4) is 0 Å². The molecule has 4 rings (SSSR count). The summed E-state index contributed by atoms with van der Waals surface area (Å²) >= 11 is 0. The monoisotopic (exact) mass is 463 g/mol. The van der Waals surface area contributed by atoms with Crippen LogP contribution in [0.4, 0.5) is 16.2 Å². The summed E-state index contributed by atoms with van der Waals surface area (Å²) in [6.45, 7) is 8.35. The lowest BCUT2D eigenvalue weighted by molar-refractivity contribution is 0.0743. The molecule has 0 aromatic heterocycles. The van der Waals surface area contributed by atoms with Gasteiger partial charge in [-0.25, -0.2) is 4.79 Å². The molecule has 8 nitrogen and oxygen atoms in total.